The van der Waals surface area contributed by atoms with Gasteiger partial charge in [0.05, 0.1) is 15.6 Å². The Morgan fingerprint density at radius 3 is 2.19 bits per heavy atom. The normalized spacial score (nSPS) is 11.0. The minimum absolute atomic E-state index is 0.127. The summed E-state index contributed by atoms with van der Waals surface area (Å²) >= 11 is 12.9. The van der Waals surface area contributed by atoms with Gasteiger partial charge in [-0.2, -0.15) is 0 Å². The zero-order chi connectivity index (χ0) is 22.5. The Morgan fingerprint density at radius 2 is 1.47 bits per heavy atom. The Kier molecular flexibility index (Phi) is 7.03. The van der Waals surface area contributed by atoms with Crippen LogP contribution in [0.5, 0.6) is 11.5 Å². The maximum Gasteiger partial charge on any atom is 0.146 e. The monoisotopic (exact) mass is 467 g/mol. The lowest BCUT2D eigenvalue weighted by Crippen LogP contribution is -2.02. The molecule has 0 saturated heterocycles. The summed E-state index contributed by atoms with van der Waals surface area (Å²) in [4.78, 5) is 0. The molecule has 0 spiro atoms. The number of para-hydroxylation sites is 1. The Bertz CT molecular complexity index is 1170. The first kappa shape index (κ1) is 22.3. The first-order chi connectivity index (χ1) is 15.5. The van der Waals surface area contributed by atoms with Crippen molar-refractivity contribution in [1.29, 1.82) is 0 Å². The van der Waals surface area contributed by atoms with Crippen LogP contribution in [0.3, 0.4) is 0 Å². The Labute approximate surface area is 197 Å². The fourth-order valence-corrected chi connectivity index (χ4v) is 3.98. The minimum Gasteiger partial charge on any atom is -0.489 e. The van der Waals surface area contributed by atoms with Crippen LogP contribution in [0.1, 0.15) is 36.7 Å². The molecule has 4 aromatic rings. The van der Waals surface area contributed by atoms with Crippen LogP contribution in [0.2, 0.25) is 10.0 Å². The SMILES string of the molecule is CC(C)c1onc(-c2c(Cl)cccc2Cl)c1COc1cccc(COc2ccccc2)c1. The largest absolute Gasteiger partial charge is 0.489 e. The molecule has 0 amide bonds. The molecule has 0 aliphatic carbocycles. The van der Waals surface area contributed by atoms with Gasteiger partial charge in [0.2, 0.25) is 0 Å². The Balaban J connectivity index is 1.54. The van der Waals surface area contributed by atoms with E-state index in [1.54, 1.807) is 18.2 Å². The smallest absolute Gasteiger partial charge is 0.146 e. The Hall–Kier alpha value is -2.95. The molecule has 4 nitrogen and oxygen atoms in total. The van der Waals surface area contributed by atoms with Gasteiger partial charge in [-0.3, -0.25) is 0 Å². The van der Waals surface area contributed by atoms with Crippen molar-refractivity contribution in [3.8, 4) is 22.8 Å². The molecule has 0 aliphatic heterocycles. The minimum atomic E-state index is 0.127. The molecule has 4 rings (SSSR count). The van der Waals surface area contributed by atoms with Crippen molar-refractivity contribution < 1.29 is 14.0 Å². The third kappa shape index (κ3) is 5.09. The predicted octanol–water partition coefficient (Wildman–Crippen LogP) is 7.93. The van der Waals surface area contributed by atoms with Gasteiger partial charge in [-0.05, 0) is 42.0 Å². The highest BCUT2D eigenvalue weighted by atomic mass is 35.5. The second-order valence-corrected chi connectivity index (χ2v) is 8.48. The number of nitrogens with zero attached hydrogens (tertiary/aromatic N) is 1. The van der Waals surface area contributed by atoms with E-state index in [2.05, 4.69) is 5.16 Å². The standard InChI is InChI=1S/C26H23Cl2NO3/c1-17(2)26-21(25(29-32-26)24-22(27)12-7-13-23(24)28)16-31-20-11-6-8-18(14-20)15-30-19-9-4-3-5-10-19/h3-14,17H,15-16H2,1-2H3. The summed E-state index contributed by atoms with van der Waals surface area (Å²) in [5.41, 5.74) is 3.10. The number of ether oxygens (including phenoxy) is 2. The molecule has 1 heterocycles. The molecule has 0 saturated carbocycles. The fourth-order valence-electron chi connectivity index (χ4n) is 3.40. The second-order valence-electron chi connectivity index (χ2n) is 7.66. The fraction of sp³-hybridized carbons (Fsp3) is 0.192. The van der Waals surface area contributed by atoms with E-state index in [9.17, 15) is 0 Å². The first-order valence-corrected chi connectivity index (χ1v) is 11.1. The van der Waals surface area contributed by atoms with E-state index < -0.39 is 0 Å². The molecule has 3 aromatic carbocycles. The average molecular weight is 468 g/mol. The maximum atomic E-state index is 6.43. The molecule has 6 heteroatoms. The summed E-state index contributed by atoms with van der Waals surface area (Å²) < 4.78 is 17.6. The molecule has 0 unspecified atom stereocenters. The van der Waals surface area contributed by atoms with Crippen LogP contribution in [0, 0.1) is 0 Å². The van der Waals surface area contributed by atoms with E-state index in [1.807, 2.05) is 68.4 Å². The van der Waals surface area contributed by atoms with Crippen molar-refractivity contribution in [2.75, 3.05) is 0 Å². The van der Waals surface area contributed by atoms with E-state index in [-0.39, 0.29) is 12.5 Å². The van der Waals surface area contributed by atoms with Gasteiger partial charge >= 0.3 is 0 Å². The topological polar surface area (TPSA) is 44.5 Å². The summed E-state index contributed by atoms with van der Waals surface area (Å²) in [5, 5.41) is 5.31. The summed E-state index contributed by atoms with van der Waals surface area (Å²) in [5.74, 6) is 2.43. The van der Waals surface area contributed by atoms with Gasteiger partial charge in [0.25, 0.3) is 0 Å². The first-order valence-electron chi connectivity index (χ1n) is 10.4. The molecule has 164 valence electrons. The van der Waals surface area contributed by atoms with Crippen LogP contribution in [-0.4, -0.2) is 5.16 Å². The third-order valence-electron chi connectivity index (χ3n) is 4.97. The predicted molar refractivity (Wildman–Crippen MR) is 128 cm³/mol. The van der Waals surface area contributed by atoms with Gasteiger partial charge in [0.1, 0.15) is 36.2 Å². The number of hydrogen-bond acceptors (Lipinski definition) is 4. The van der Waals surface area contributed by atoms with Crippen molar-refractivity contribution in [2.45, 2.75) is 33.0 Å². The van der Waals surface area contributed by atoms with E-state index in [0.717, 1.165) is 28.4 Å². The van der Waals surface area contributed by atoms with E-state index >= 15 is 0 Å². The van der Waals surface area contributed by atoms with Crippen molar-refractivity contribution in [3.63, 3.8) is 0 Å². The van der Waals surface area contributed by atoms with Crippen LogP contribution in [0.15, 0.2) is 77.3 Å². The molecule has 0 aliphatic rings. The number of benzene rings is 3. The van der Waals surface area contributed by atoms with Gasteiger partial charge in [0, 0.05) is 11.5 Å². The van der Waals surface area contributed by atoms with Crippen LogP contribution in [0.4, 0.5) is 0 Å². The average Bonchev–Trinajstić information content (AvgIpc) is 3.21. The van der Waals surface area contributed by atoms with E-state index in [4.69, 9.17) is 37.2 Å². The van der Waals surface area contributed by atoms with Crippen LogP contribution in [-0.2, 0) is 13.2 Å². The molecule has 0 fully saturated rings. The molecule has 0 bridgehead atoms. The van der Waals surface area contributed by atoms with Crippen LogP contribution >= 0.6 is 23.2 Å². The highest BCUT2D eigenvalue weighted by molar-refractivity contribution is 6.39. The van der Waals surface area contributed by atoms with Crippen LogP contribution in [0.25, 0.3) is 11.3 Å². The summed E-state index contributed by atoms with van der Waals surface area (Å²) in [6.45, 7) is 4.82. The van der Waals surface area contributed by atoms with Crippen molar-refractivity contribution in [2.24, 2.45) is 0 Å². The zero-order valence-electron chi connectivity index (χ0n) is 17.8. The molecular weight excluding hydrogens is 445 g/mol. The quantitative estimate of drug-likeness (QED) is 0.263. The molecular formula is C26H23Cl2NO3. The zero-order valence-corrected chi connectivity index (χ0v) is 19.4. The summed E-state index contributed by atoms with van der Waals surface area (Å²) in [6.07, 6.45) is 0. The Morgan fingerprint density at radius 1 is 0.812 bits per heavy atom. The van der Waals surface area contributed by atoms with Gasteiger partial charge < -0.3 is 14.0 Å². The van der Waals surface area contributed by atoms with E-state index in [0.29, 0.717) is 27.9 Å². The molecule has 32 heavy (non-hydrogen) atoms. The maximum absolute atomic E-state index is 6.43. The summed E-state index contributed by atoms with van der Waals surface area (Å²) in [7, 11) is 0. The lowest BCUT2D eigenvalue weighted by molar-refractivity contribution is 0.291. The van der Waals surface area contributed by atoms with Crippen LogP contribution < -0.4 is 9.47 Å². The van der Waals surface area contributed by atoms with E-state index in [1.165, 1.54) is 0 Å². The molecule has 0 atom stereocenters. The summed E-state index contributed by atoms with van der Waals surface area (Å²) in [6, 6.07) is 22.9. The van der Waals surface area contributed by atoms with Crippen molar-refractivity contribution in [3.05, 3.63) is 99.7 Å². The third-order valence-corrected chi connectivity index (χ3v) is 5.60. The lowest BCUT2D eigenvalue weighted by atomic mass is 10.0. The van der Waals surface area contributed by atoms with Gasteiger partial charge in [-0.1, -0.05) is 78.6 Å². The van der Waals surface area contributed by atoms with Gasteiger partial charge in [-0.15, -0.1) is 0 Å². The number of halogens is 2. The van der Waals surface area contributed by atoms with Gasteiger partial charge in [0.15, 0.2) is 0 Å². The lowest BCUT2D eigenvalue weighted by Gasteiger charge is -2.12. The molecule has 0 N–H and O–H groups in total. The van der Waals surface area contributed by atoms with Crippen molar-refractivity contribution >= 4 is 23.2 Å². The second kappa shape index (κ2) is 10.1. The van der Waals surface area contributed by atoms with Crippen molar-refractivity contribution in [1.82, 2.24) is 5.16 Å². The molecule has 1 aromatic heterocycles. The number of hydrogen-bond donors (Lipinski definition) is 0. The van der Waals surface area contributed by atoms with Gasteiger partial charge in [-0.25, -0.2) is 0 Å². The number of aromatic nitrogens is 1. The number of rotatable bonds is 8. The highest BCUT2D eigenvalue weighted by Crippen LogP contribution is 2.38. The highest BCUT2D eigenvalue weighted by Gasteiger charge is 2.23. The molecule has 0 radical (unpaired) electrons.